The summed E-state index contributed by atoms with van der Waals surface area (Å²) < 4.78 is 31.8. The topological polar surface area (TPSA) is 21.3 Å². The summed E-state index contributed by atoms with van der Waals surface area (Å²) in [5.74, 6) is -1.07. The molecule has 0 saturated carbocycles. The van der Waals surface area contributed by atoms with Gasteiger partial charge in [0.25, 0.3) is 0 Å². The number of nitrogens with one attached hydrogen (secondary N) is 1. The lowest BCUT2D eigenvalue weighted by atomic mass is 10.1. The number of hydrogen-bond acceptors (Lipinski definition) is 2. The van der Waals surface area contributed by atoms with E-state index in [9.17, 15) is 8.78 Å². The van der Waals surface area contributed by atoms with Crippen molar-refractivity contribution in [2.75, 3.05) is 19.8 Å². The van der Waals surface area contributed by atoms with Crippen LogP contribution in [0.5, 0.6) is 0 Å². The third-order valence-electron chi connectivity index (χ3n) is 3.18. The van der Waals surface area contributed by atoms with Gasteiger partial charge in [0.2, 0.25) is 0 Å². The Labute approximate surface area is 100.0 Å². The van der Waals surface area contributed by atoms with Gasteiger partial charge in [0.1, 0.15) is 0 Å². The van der Waals surface area contributed by atoms with Gasteiger partial charge in [-0.1, -0.05) is 12.1 Å². The molecule has 1 fully saturated rings. The fourth-order valence-electron chi connectivity index (χ4n) is 2.05. The Morgan fingerprint density at radius 1 is 1.47 bits per heavy atom. The molecule has 0 aliphatic carbocycles. The maximum atomic E-state index is 13.5. The molecule has 17 heavy (non-hydrogen) atoms. The van der Waals surface area contributed by atoms with Crippen LogP contribution < -0.4 is 5.32 Å². The van der Waals surface area contributed by atoms with Crippen LogP contribution in [0.15, 0.2) is 18.2 Å². The van der Waals surface area contributed by atoms with Crippen LogP contribution in [0, 0.1) is 17.6 Å². The fraction of sp³-hybridized carbons (Fsp3) is 0.538. The van der Waals surface area contributed by atoms with Gasteiger partial charge in [-0.2, -0.15) is 0 Å². The zero-order chi connectivity index (χ0) is 12.3. The molecule has 4 heteroatoms. The number of rotatable bonds is 4. The zero-order valence-corrected chi connectivity index (χ0v) is 9.88. The quantitative estimate of drug-likeness (QED) is 0.875. The largest absolute Gasteiger partial charge is 0.381 e. The predicted molar refractivity (Wildman–Crippen MR) is 61.7 cm³/mol. The van der Waals surface area contributed by atoms with Crippen molar-refractivity contribution in [1.29, 1.82) is 0 Å². The van der Waals surface area contributed by atoms with Crippen LogP contribution in [0.25, 0.3) is 0 Å². The predicted octanol–water partition coefficient (Wildman–Crippen LogP) is 2.65. The van der Waals surface area contributed by atoms with Crippen LogP contribution >= 0.6 is 0 Å². The van der Waals surface area contributed by atoms with E-state index in [4.69, 9.17) is 4.74 Å². The second-order valence-electron chi connectivity index (χ2n) is 4.50. The molecule has 0 amide bonds. The Balaban J connectivity index is 1.94. The lowest BCUT2D eigenvalue weighted by molar-refractivity contribution is 0.184. The molecular weight excluding hydrogens is 224 g/mol. The lowest BCUT2D eigenvalue weighted by Crippen LogP contribution is -2.26. The molecule has 0 radical (unpaired) electrons. The molecule has 1 aromatic rings. The van der Waals surface area contributed by atoms with E-state index in [0.717, 1.165) is 32.2 Å². The summed E-state index contributed by atoms with van der Waals surface area (Å²) in [5, 5.41) is 3.22. The molecule has 0 aromatic heterocycles. The maximum absolute atomic E-state index is 13.5. The van der Waals surface area contributed by atoms with Crippen molar-refractivity contribution in [3.8, 4) is 0 Å². The Bertz CT molecular complexity index is 378. The van der Waals surface area contributed by atoms with Crippen molar-refractivity contribution in [2.24, 2.45) is 5.92 Å². The average Bonchev–Trinajstić information content (AvgIpc) is 2.82. The summed E-state index contributed by atoms with van der Waals surface area (Å²) in [5.41, 5.74) is 0.379. The molecule has 2 unspecified atom stereocenters. The highest BCUT2D eigenvalue weighted by Crippen LogP contribution is 2.20. The minimum Gasteiger partial charge on any atom is -0.381 e. The first-order chi connectivity index (χ1) is 8.18. The van der Waals surface area contributed by atoms with E-state index in [1.54, 1.807) is 6.07 Å². The van der Waals surface area contributed by atoms with Crippen LogP contribution in [0.4, 0.5) is 8.78 Å². The van der Waals surface area contributed by atoms with Crippen LogP contribution in [-0.2, 0) is 4.74 Å². The molecule has 0 spiro atoms. The van der Waals surface area contributed by atoms with E-state index >= 15 is 0 Å². The van der Waals surface area contributed by atoms with Crippen LogP contribution in [0.3, 0.4) is 0 Å². The highest BCUT2D eigenvalue weighted by molar-refractivity contribution is 5.21. The Hall–Kier alpha value is -1.00. The minimum atomic E-state index is -0.791. The molecule has 2 rings (SSSR count). The van der Waals surface area contributed by atoms with Gasteiger partial charge in [0.15, 0.2) is 11.6 Å². The zero-order valence-electron chi connectivity index (χ0n) is 9.88. The van der Waals surface area contributed by atoms with Crippen molar-refractivity contribution in [3.05, 3.63) is 35.4 Å². The molecule has 1 aliphatic rings. The molecule has 1 N–H and O–H groups in total. The first kappa shape index (κ1) is 12.5. The summed E-state index contributed by atoms with van der Waals surface area (Å²) in [4.78, 5) is 0. The van der Waals surface area contributed by atoms with Crippen molar-refractivity contribution >= 4 is 0 Å². The van der Waals surface area contributed by atoms with E-state index in [1.807, 2.05) is 6.92 Å². The molecule has 1 aliphatic heterocycles. The van der Waals surface area contributed by atoms with Crippen molar-refractivity contribution in [1.82, 2.24) is 5.32 Å². The van der Waals surface area contributed by atoms with Crippen molar-refractivity contribution in [2.45, 2.75) is 19.4 Å². The summed E-state index contributed by atoms with van der Waals surface area (Å²) in [6.07, 6.45) is 1.03. The number of ether oxygens (including phenoxy) is 1. The third kappa shape index (κ3) is 3.01. The van der Waals surface area contributed by atoms with Gasteiger partial charge >= 0.3 is 0 Å². The number of benzene rings is 1. The van der Waals surface area contributed by atoms with Crippen LogP contribution in [-0.4, -0.2) is 19.8 Å². The van der Waals surface area contributed by atoms with Gasteiger partial charge in [-0.25, -0.2) is 8.78 Å². The third-order valence-corrected chi connectivity index (χ3v) is 3.18. The van der Waals surface area contributed by atoms with Crippen molar-refractivity contribution in [3.63, 3.8) is 0 Å². The molecular formula is C13H17F2NO. The Morgan fingerprint density at radius 2 is 2.29 bits per heavy atom. The lowest BCUT2D eigenvalue weighted by Gasteiger charge is -2.17. The van der Waals surface area contributed by atoms with E-state index < -0.39 is 11.6 Å². The second-order valence-corrected chi connectivity index (χ2v) is 4.50. The number of hydrogen-bond donors (Lipinski definition) is 1. The molecule has 1 heterocycles. The van der Waals surface area contributed by atoms with Gasteiger partial charge in [0, 0.05) is 24.8 Å². The Morgan fingerprint density at radius 3 is 3.00 bits per heavy atom. The molecule has 2 atom stereocenters. The highest BCUT2D eigenvalue weighted by atomic mass is 19.2. The monoisotopic (exact) mass is 241 g/mol. The van der Waals surface area contributed by atoms with Gasteiger partial charge in [-0.05, 0) is 25.3 Å². The van der Waals surface area contributed by atoms with Gasteiger partial charge in [-0.3, -0.25) is 0 Å². The maximum Gasteiger partial charge on any atom is 0.163 e. The second kappa shape index (κ2) is 5.56. The molecule has 1 aromatic carbocycles. The molecule has 2 nitrogen and oxygen atoms in total. The SMILES string of the molecule is CC(NCC1CCOC1)c1cccc(F)c1F. The number of halogens is 2. The van der Waals surface area contributed by atoms with Crippen molar-refractivity contribution < 1.29 is 13.5 Å². The summed E-state index contributed by atoms with van der Waals surface area (Å²) >= 11 is 0. The molecule has 1 saturated heterocycles. The normalized spacial score (nSPS) is 21.7. The van der Waals surface area contributed by atoms with Gasteiger partial charge < -0.3 is 10.1 Å². The van der Waals surface area contributed by atoms with E-state index in [-0.39, 0.29) is 6.04 Å². The molecule has 94 valence electrons. The van der Waals surface area contributed by atoms with Crippen LogP contribution in [0.1, 0.15) is 24.9 Å². The summed E-state index contributed by atoms with van der Waals surface area (Å²) in [7, 11) is 0. The minimum absolute atomic E-state index is 0.189. The highest BCUT2D eigenvalue weighted by Gasteiger charge is 2.18. The molecule has 0 bridgehead atoms. The van der Waals surface area contributed by atoms with E-state index in [0.29, 0.717) is 11.5 Å². The average molecular weight is 241 g/mol. The fourth-order valence-corrected chi connectivity index (χ4v) is 2.05. The smallest absolute Gasteiger partial charge is 0.163 e. The van der Waals surface area contributed by atoms with E-state index in [2.05, 4.69) is 5.32 Å². The van der Waals surface area contributed by atoms with Gasteiger partial charge in [-0.15, -0.1) is 0 Å². The van der Waals surface area contributed by atoms with E-state index in [1.165, 1.54) is 6.07 Å². The first-order valence-corrected chi connectivity index (χ1v) is 5.93. The first-order valence-electron chi connectivity index (χ1n) is 5.93. The van der Waals surface area contributed by atoms with Crippen LogP contribution in [0.2, 0.25) is 0 Å². The Kier molecular flexibility index (Phi) is 4.07. The van der Waals surface area contributed by atoms with Gasteiger partial charge in [0.05, 0.1) is 6.61 Å². The summed E-state index contributed by atoms with van der Waals surface area (Å²) in [6, 6.07) is 4.09. The summed E-state index contributed by atoms with van der Waals surface area (Å²) in [6.45, 7) is 4.17. The standard InChI is InChI=1S/C13H17F2NO/c1-9(16-7-10-5-6-17-8-10)11-3-2-4-12(14)13(11)15/h2-4,9-10,16H,5-8H2,1H3.